The summed E-state index contributed by atoms with van der Waals surface area (Å²) in [6, 6.07) is 10.1. The van der Waals surface area contributed by atoms with Gasteiger partial charge in [0, 0.05) is 6.54 Å². The van der Waals surface area contributed by atoms with Crippen LogP contribution < -0.4 is 5.32 Å². The Morgan fingerprint density at radius 3 is 2.84 bits per heavy atom. The molecule has 1 aliphatic rings. The molecule has 1 N–H and O–H groups in total. The Morgan fingerprint density at radius 2 is 2.16 bits per heavy atom. The van der Waals surface area contributed by atoms with Gasteiger partial charge in [-0.3, -0.25) is 10.1 Å². The van der Waals surface area contributed by atoms with Gasteiger partial charge in [-0.15, -0.1) is 0 Å². The number of carbonyl (C=O) groups excluding carboxylic acids is 1. The molecule has 0 spiro atoms. The first-order valence-corrected chi connectivity index (χ1v) is 8.15. The van der Waals surface area contributed by atoms with Crippen LogP contribution in [-0.2, 0) is 11.2 Å². The van der Waals surface area contributed by atoms with Crippen molar-refractivity contribution >= 4 is 17.7 Å². The Balaban J connectivity index is 1.87. The molecule has 1 heterocycles. The standard InChI is InChI=1S/C15H22N2OS/c1-12(10-19-2)9-17-11-16-14(15(17)18)8-13-6-4-3-5-7-13/h3-7,12,14,16H,8-11H2,1-2H3. The molecule has 2 unspecified atom stereocenters. The van der Waals surface area contributed by atoms with Crippen LogP contribution in [-0.4, -0.2) is 42.1 Å². The Labute approximate surface area is 119 Å². The average Bonchev–Trinajstić information content (AvgIpc) is 2.73. The summed E-state index contributed by atoms with van der Waals surface area (Å²) in [5, 5.41) is 3.32. The summed E-state index contributed by atoms with van der Waals surface area (Å²) in [6.45, 7) is 3.75. The molecule has 0 bridgehead atoms. The Morgan fingerprint density at radius 1 is 1.42 bits per heavy atom. The maximum atomic E-state index is 12.3. The zero-order chi connectivity index (χ0) is 13.7. The van der Waals surface area contributed by atoms with E-state index in [2.05, 4.69) is 30.6 Å². The minimum absolute atomic E-state index is 0.0520. The van der Waals surface area contributed by atoms with Crippen LogP contribution in [0, 0.1) is 5.92 Å². The fraction of sp³-hybridized carbons (Fsp3) is 0.533. The highest BCUT2D eigenvalue weighted by molar-refractivity contribution is 7.98. The predicted octanol–water partition coefficient (Wildman–Crippen LogP) is 1.99. The van der Waals surface area contributed by atoms with E-state index in [0.717, 1.165) is 18.7 Å². The summed E-state index contributed by atoms with van der Waals surface area (Å²) in [5.41, 5.74) is 1.22. The predicted molar refractivity (Wildman–Crippen MR) is 81.2 cm³/mol. The van der Waals surface area contributed by atoms with Crippen molar-refractivity contribution in [2.45, 2.75) is 19.4 Å². The second-order valence-electron chi connectivity index (χ2n) is 5.23. The lowest BCUT2D eigenvalue weighted by atomic mass is 10.1. The van der Waals surface area contributed by atoms with Gasteiger partial charge < -0.3 is 4.90 Å². The second kappa shape index (κ2) is 6.96. The largest absolute Gasteiger partial charge is 0.328 e. The lowest BCUT2D eigenvalue weighted by molar-refractivity contribution is -0.129. The van der Waals surface area contributed by atoms with Crippen molar-refractivity contribution in [3.63, 3.8) is 0 Å². The van der Waals surface area contributed by atoms with Crippen LogP contribution in [0.5, 0.6) is 0 Å². The molecule has 1 aromatic carbocycles. The van der Waals surface area contributed by atoms with Gasteiger partial charge >= 0.3 is 0 Å². The van der Waals surface area contributed by atoms with Crippen molar-refractivity contribution < 1.29 is 4.79 Å². The summed E-state index contributed by atoms with van der Waals surface area (Å²) in [5.74, 6) is 1.90. The average molecular weight is 278 g/mol. The van der Waals surface area contributed by atoms with Gasteiger partial charge in [-0.05, 0) is 29.9 Å². The zero-order valence-electron chi connectivity index (χ0n) is 11.6. The molecular weight excluding hydrogens is 256 g/mol. The molecule has 1 saturated heterocycles. The van der Waals surface area contributed by atoms with Crippen LogP contribution in [0.3, 0.4) is 0 Å². The monoisotopic (exact) mass is 278 g/mol. The molecule has 104 valence electrons. The second-order valence-corrected chi connectivity index (χ2v) is 6.14. The molecule has 0 aliphatic carbocycles. The van der Waals surface area contributed by atoms with E-state index in [1.807, 2.05) is 34.9 Å². The number of nitrogens with zero attached hydrogens (tertiary/aromatic N) is 1. The maximum Gasteiger partial charge on any atom is 0.241 e. The maximum absolute atomic E-state index is 12.3. The van der Waals surface area contributed by atoms with Crippen molar-refractivity contribution in [2.75, 3.05) is 25.2 Å². The Hall–Kier alpha value is -1.00. The fourth-order valence-electron chi connectivity index (χ4n) is 2.48. The van der Waals surface area contributed by atoms with Gasteiger partial charge in [0.25, 0.3) is 0 Å². The highest BCUT2D eigenvalue weighted by atomic mass is 32.2. The normalized spacial score (nSPS) is 20.8. The molecule has 1 aromatic rings. The van der Waals surface area contributed by atoms with Crippen LogP contribution in [0.4, 0.5) is 0 Å². The first-order chi connectivity index (χ1) is 9.20. The number of benzene rings is 1. The smallest absolute Gasteiger partial charge is 0.241 e. The van der Waals surface area contributed by atoms with Gasteiger partial charge in [0.15, 0.2) is 0 Å². The van der Waals surface area contributed by atoms with Gasteiger partial charge in [-0.1, -0.05) is 37.3 Å². The van der Waals surface area contributed by atoms with E-state index in [-0.39, 0.29) is 11.9 Å². The Bertz CT molecular complexity index is 410. The third kappa shape index (κ3) is 3.98. The van der Waals surface area contributed by atoms with Crippen molar-refractivity contribution in [1.29, 1.82) is 0 Å². The van der Waals surface area contributed by atoms with Crippen molar-refractivity contribution in [3.8, 4) is 0 Å². The van der Waals surface area contributed by atoms with Crippen LogP contribution >= 0.6 is 11.8 Å². The third-order valence-corrected chi connectivity index (χ3v) is 4.31. The highest BCUT2D eigenvalue weighted by Crippen LogP contribution is 2.13. The number of amides is 1. The summed E-state index contributed by atoms with van der Waals surface area (Å²) >= 11 is 1.84. The van der Waals surface area contributed by atoms with E-state index < -0.39 is 0 Å². The molecular formula is C15H22N2OS. The van der Waals surface area contributed by atoms with Gasteiger partial charge in [0.2, 0.25) is 5.91 Å². The van der Waals surface area contributed by atoms with Crippen molar-refractivity contribution in [3.05, 3.63) is 35.9 Å². The molecule has 3 nitrogen and oxygen atoms in total. The minimum Gasteiger partial charge on any atom is -0.328 e. The fourth-order valence-corrected chi connectivity index (χ4v) is 3.16. The number of hydrogen-bond donors (Lipinski definition) is 1. The first-order valence-electron chi connectivity index (χ1n) is 6.75. The van der Waals surface area contributed by atoms with Crippen molar-refractivity contribution in [1.82, 2.24) is 10.2 Å². The van der Waals surface area contributed by atoms with Gasteiger partial charge in [0.1, 0.15) is 0 Å². The van der Waals surface area contributed by atoms with E-state index >= 15 is 0 Å². The molecule has 0 radical (unpaired) electrons. The molecule has 1 fully saturated rings. The summed E-state index contributed by atoms with van der Waals surface area (Å²) < 4.78 is 0. The molecule has 1 amide bonds. The molecule has 19 heavy (non-hydrogen) atoms. The van der Waals surface area contributed by atoms with E-state index in [4.69, 9.17) is 0 Å². The van der Waals surface area contributed by atoms with E-state index in [0.29, 0.717) is 12.6 Å². The molecule has 2 atom stereocenters. The summed E-state index contributed by atoms with van der Waals surface area (Å²) in [4.78, 5) is 14.3. The molecule has 2 rings (SSSR count). The first kappa shape index (κ1) is 14.4. The van der Waals surface area contributed by atoms with E-state index in [9.17, 15) is 4.79 Å². The van der Waals surface area contributed by atoms with Crippen LogP contribution in [0.15, 0.2) is 30.3 Å². The topological polar surface area (TPSA) is 32.3 Å². The van der Waals surface area contributed by atoms with Crippen LogP contribution in [0.2, 0.25) is 0 Å². The SMILES string of the molecule is CSCC(C)CN1CNC(Cc2ccccc2)C1=O. The van der Waals surface area contributed by atoms with Crippen LogP contribution in [0.25, 0.3) is 0 Å². The molecule has 0 aromatic heterocycles. The highest BCUT2D eigenvalue weighted by Gasteiger charge is 2.31. The van der Waals surface area contributed by atoms with E-state index in [1.54, 1.807) is 0 Å². The number of hydrogen-bond acceptors (Lipinski definition) is 3. The van der Waals surface area contributed by atoms with E-state index in [1.165, 1.54) is 5.56 Å². The number of rotatable bonds is 6. The quantitative estimate of drug-likeness (QED) is 0.863. The summed E-state index contributed by atoms with van der Waals surface area (Å²) in [7, 11) is 0. The number of nitrogens with one attached hydrogen (secondary N) is 1. The minimum atomic E-state index is -0.0520. The third-order valence-electron chi connectivity index (χ3n) is 3.40. The Kier molecular flexibility index (Phi) is 5.28. The van der Waals surface area contributed by atoms with Gasteiger partial charge in [-0.2, -0.15) is 11.8 Å². The molecule has 4 heteroatoms. The van der Waals surface area contributed by atoms with Gasteiger partial charge in [0.05, 0.1) is 12.7 Å². The van der Waals surface area contributed by atoms with Crippen LogP contribution in [0.1, 0.15) is 12.5 Å². The number of carbonyl (C=O) groups is 1. The molecule has 0 saturated carbocycles. The van der Waals surface area contributed by atoms with Gasteiger partial charge in [-0.25, -0.2) is 0 Å². The lowest BCUT2D eigenvalue weighted by Gasteiger charge is -2.19. The molecule has 1 aliphatic heterocycles. The zero-order valence-corrected chi connectivity index (χ0v) is 12.5. The lowest BCUT2D eigenvalue weighted by Crippen LogP contribution is -2.34. The summed E-state index contributed by atoms with van der Waals surface area (Å²) in [6.07, 6.45) is 2.89. The van der Waals surface area contributed by atoms with Crippen molar-refractivity contribution in [2.24, 2.45) is 5.92 Å². The number of thioether (sulfide) groups is 1.